The van der Waals surface area contributed by atoms with Crippen LogP contribution in [-0.4, -0.2) is 25.1 Å². The third-order valence-electron chi connectivity index (χ3n) is 4.79. The van der Waals surface area contributed by atoms with Gasteiger partial charge in [0.15, 0.2) is 4.96 Å². The molecule has 0 spiro atoms. The van der Waals surface area contributed by atoms with Crippen molar-refractivity contribution >= 4 is 27.9 Å². The van der Waals surface area contributed by atoms with E-state index >= 15 is 0 Å². The topological polar surface area (TPSA) is 64.2 Å². The molecule has 0 unspecified atom stereocenters. The second-order valence-electron chi connectivity index (χ2n) is 6.94. The third-order valence-corrected chi connectivity index (χ3v) is 5.56. The van der Waals surface area contributed by atoms with Gasteiger partial charge in [-0.3, -0.25) is 13.9 Å². The molecule has 0 aliphatic heterocycles. The first-order chi connectivity index (χ1) is 15.0. The van der Waals surface area contributed by atoms with E-state index in [1.807, 2.05) is 34.3 Å². The Hall–Kier alpha value is -3.85. The summed E-state index contributed by atoms with van der Waals surface area (Å²) in [5.74, 6) is -1.92. The predicted octanol–water partition coefficient (Wildman–Crippen LogP) is 4.99. The largest absolute Gasteiger partial charge is 0.322 e. The summed E-state index contributed by atoms with van der Waals surface area (Å²) in [5, 5.41) is 8.96. The van der Waals surface area contributed by atoms with Gasteiger partial charge >= 0.3 is 0 Å². The number of benzene rings is 2. The lowest BCUT2D eigenvalue weighted by molar-refractivity contribution is 0.102. The lowest BCUT2D eigenvalue weighted by Crippen LogP contribution is -2.12. The second-order valence-corrected chi connectivity index (χ2v) is 7.81. The maximum absolute atomic E-state index is 14.2. The average molecular weight is 435 g/mol. The molecule has 0 bridgehead atoms. The lowest BCUT2D eigenvalue weighted by atomic mass is 10.1. The number of thiazole rings is 1. The SMILES string of the molecule is Cn1cc(C(=O)Nc2ccc(-c3cn4ccsc4n3)cc2)c(-c2ccc(F)cc2F)n1. The van der Waals surface area contributed by atoms with Gasteiger partial charge in [-0.2, -0.15) is 5.10 Å². The van der Waals surface area contributed by atoms with Crippen LogP contribution in [0.15, 0.2) is 66.4 Å². The number of fused-ring (bicyclic) bond motifs is 1. The molecule has 0 saturated carbocycles. The molecule has 0 saturated heterocycles. The molecule has 0 atom stereocenters. The predicted molar refractivity (Wildman–Crippen MR) is 115 cm³/mol. The Morgan fingerprint density at radius 2 is 1.90 bits per heavy atom. The Morgan fingerprint density at radius 3 is 2.65 bits per heavy atom. The Morgan fingerprint density at radius 1 is 1.10 bits per heavy atom. The second kappa shape index (κ2) is 7.44. The molecule has 3 aromatic heterocycles. The van der Waals surface area contributed by atoms with E-state index in [0.29, 0.717) is 5.69 Å². The highest BCUT2D eigenvalue weighted by atomic mass is 32.1. The van der Waals surface area contributed by atoms with Gasteiger partial charge in [-0.05, 0) is 24.3 Å². The number of hydrogen-bond donors (Lipinski definition) is 1. The number of hydrogen-bond acceptors (Lipinski definition) is 4. The van der Waals surface area contributed by atoms with Gasteiger partial charge in [-0.15, -0.1) is 11.3 Å². The van der Waals surface area contributed by atoms with E-state index in [1.54, 1.807) is 30.5 Å². The first-order valence-corrected chi connectivity index (χ1v) is 10.2. The smallest absolute Gasteiger partial charge is 0.259 e. The number of aryl methyl sites for hydroxylation is 1. The molecule has 0 aliphatic rings. The van der Waals surface area contributed by atoms with Gasteiger partial charge < -0.3 is 5.32 Å². The molecule has 9 heteroatoms. The van der Waals surface area contributed by atoms with Crippen LogP contribution in [0.1, 0.15) is 10.4 Å². The highest BCUT2D eigenvalue weighted by molar-refractivity contribution is 7.15. The monoisotopic (exact) mass is 435 g/mol. The van der Waals surface area contributed by atoms with Crippen LogP contribution in [0.3, 0.4) is 0 Å². The summed E-state index contributed by atoms with van der Waals surface area (Å²) in [5.41, 5.74) is 2.72. The van der Waals surface area contributed by atoms with Crippen molar-refractivity contribution in [2.75, 3.05) is 5.32 Å². The number of halogens is 2. The van der Waals surface area contributed by atoms with Crippen molar-refractivity contribution in [3.8, 4) is 22.5 Å². The van der Waals surface area contributed by atoms with Gasteiger partial charge in [0.1, 0.15) is 17.3 Å². The van der Waals surface area contributed by atoms with Crippen LogP contribution in [0.2, 0.25) is 0 Å². The number of anilines is 1. The summed E-state index contributed by atoms with van der Waals surface area (Å²) < 4.78 is 30.9. The number of carbonyl (C=O) groups is 1. The molecule has 1 amide bonds. The molecule has 2 aromatic carbocycles. The fraction of sp³-hybridized carbons (Fsp3) is 0.0455. The van der Waals surface area contributed by atoms with E-state index in [4.69, 9.17) is 0 Å². The Bertz CT molecular complexity index is 1390. The molecule has 0 aliphatic carbocycles. The summed E-state index contributed by atoms with van der Waals surface area (Å²) >= 11 is 1.55. The van der Waals surface area contributed by atoms with Crippen molar-refractivity contribution in [1.82, 2.24) is 19.2 Å². The van der Waals surface area contributed by atoms with E-state index in [9.17, 15) is 13.6 Å². The zero-order valence-corrected chi connectivity index (χ0v) is 17.0. The maximum atomic E-state index is 14.2. The number of carbonyl (C=O) groups excluding carboxylic acids is 1. The molecule has 6 nitrogen and oxygen atoms in total. The van der Waals surface area contributed by atoms with Crippen molar-refractivity contribution in [2.45, 2.75) is 0 Å². The van der Waals surface area contributed by atoms with Gasteiger partial charge in [0, 0.05) is 53.9 Å². The molecule has 1 N–H and O–H groups in total. The molecular formula is C22H15F2N5OS. The Kier molecular flexibility index (Phi) is 4.59. The van der Waals surface area contributed by atoms with Crippen LogP contribution in [0.25, 0.3) is 27.5 Å². The Labute approximate surface area is 179 Å². The van der Waals surface area contributed by atoms with E-state index in [1.165, 1.54) is 16.9 Å². The average Bonchev–Trinajstić information content (AvgIpc) is 3.43. The summed E-state index contributed by atoms with van der Waals surface area (Å²) in [4.78, 5) is 18.3. The quantitative estimate of drug-likeness (QED) is 0.432. The van der Waals surface area contributed by atoms with Crippen LogP contribution < -0.4 is 5.32 Å². The summed E-state index contributed by atoms with van der Waals surface area (Å²) in [6.07, 6.45) is 5.39. The minimum atomic E-state index is -0.780. The molecule has 0 radical (unpaired) electrons. The van der Waals surface area contributed by atoms with Gasteiger partial charge in [-0.25, -0.2) is 13.8 Å². The third kappa shape index (κ3) is 3.59. The van der Waals surface area contributed by atoms with Gasteiger partial charge in [0.2, 0.25) is 0 Å². The van der Waals surface area contributed by atoms with Crippen molar-refractivity contribution in [3.05, 3.63) is 83.6 Å². The molecule has 154 valence electrons. The fourth-order valence-electron chi connectivity index (χ4n) is 3.32. The number of aromatic nitrogens is 4. The van der Waals surface area contributed by atoms with Crippen LogP contribution in [-0.2, 0) is 7.05 Å². The fourth-order valence-corrected chi connectivity index (χ4v) is 4.02. The molecule has 31 heavy (non-hydrogen) atoms. The molecule has 0 fully saturated rings. The molecule has 5 rings (SSSR count). The van der Waals surface area contributed by atoms with Crippen molar-refractivity contribution in [2.24, 2.45) is 7.05 Å². The first kappa shape index (κ1) is 19.1. The first-order valence-electron chi connectivity index (χ1n) is 9.31. The van der Waals surface area contributed by atoms with E-state index in [0.717, 1.165) is 28.4 Å². The van der Waals surface area contributed by atoms with Crippen LogP contribution >= 0.6 is 11.3 Å². The zero-order chi connectivity index (χ0) is 21.5. The number of amides is 1. The normalized spacial score (nSPS) is 11.2. The number of imidazole rings is 1. The van der Waals surface area contributed by atoms with Crippen LogP contribution in [0, 0.1) is 11.6 Å². The summed E-state index contributed by atoms with van der Waals surface area (Å²) in [7, 11) is 1.63. The summed E-state index contributed by atoms with van der Waals surface area (Å²) in [6.45, 7) is 0. The highest BCUT2D eigenvalue weighted by Gasteiger charge is 2.20. The van der Waals surface area contributed by atoms with Crippen molar-refractivity contribution in [3.63, 3.8) is 0 Å². The van der Waals surface area contributed by atoms with E-state index in [-0.39, 0.29) is 16.8 Å². The maximum Gasteiger partial charge on any atom is 0.259 e. The zero-order valence-electron chi connectivity index (χ0n) is 16.2. The van der Waals surface area contributed by atoms with Crippen molar-refractivity contribution in [1.29, 1.82) is 0 Å². The van der Waals surface area contributed by atoms with Crippen molar-refractivity contribution < 1.29 is 13.6 Å². The number of nitrogens with zero attached hydrogens (tertiary/aromatic N) is 4. The molecular weight excluding hydrogens is 420 g/mol. The highest BCUT2D eigenvalue weighted by Crippen LogP contribution is 2.27. The summed E-state index contributed by atoms with van der Waals surface area (Å²) in [6, 6.07) is 10.5. The molecule has 3 heterocycles. The standard InChI is InChI=1S/C22H15F2N5OS/c1-28-11-17(20(27-28)16-7-4-14(23)10-18(16)24)21(30)25-15-5-2-13(3-6-15)19-12-29-8-9-31-22(29)26-19/h2-12H,1H3,(H,25,30). The van der Waals surface area contributed by atoms with E-state index < -0.39 is 17.5 Å². The minimum Gasteiger partial charge on any atom is -0.322 e. The number of nitrogens with one attached hydrogen (secondary N) is 1. The van der Waals surface area contributed by atoms with Gasteiger partial charge in [-0.1, -0.05) is 12.1 Å². The van der Waals surface area contributed by atoms with Crippen LogP contribution in [0.4, 0.5) is 14.5 Å². The van der Waals surface area contributed by atoms with Crippen LogP contribution in [0.5, 0.6) is 0 Å². The molecule has 5 aromatic rings. The Balaban J connectivity index is 1.40. The lowest BCUT2D eigenvalue weighted by Gasteiger charge is -2.07. The van der Waals surface area contributed by atoms with E-state index in [2.05, 4.69) is 15.4 Å². The minimum absolute atomic E-state index is 0.0576. The van der Waals surface area contributed by atoms with Gasteiger partial charge in [0.25, 0.3) is 5.91 Å². The van der Waals surface area contributed by atoms with Gasteiger partial charge in [0.05, 0.1) is 11.3 Å². The number of rotatable bonds is 4.